The van der Waals surface area contributed by atoms with Crippen LogP contribution in [-0.4, -0.2) is 85.5 Å². The van der Waals surface area contributed by atoms with Gasteiger partial charge in [-0.2, -0.15) is 0 Å². The van der Waals surface area contributed by atoms with Gasteiger partial charge >= 0.3 is 0 Å². The number of carbonyl (C=O) groups is 1. The number of ether oxygens (including phenoxy) is 3. The maximum absolute atomic E-state index is 11.9. The van der Waals surface area contributed by atoms with E-state index in [1.807, 2.05) is 71.6 Å². The van der Waals surface area contributed by atoms with E-state index in [1.165, 1.54) is 11.1 Å². The minimum Gasteiger partial charge on any atom is -0.497 e. The SMILES string of the molecule is COc1ccc(C)cc1.O=CN1CCc2c([nH]c3ccc(Cl)cc23)C1c1ccc(OCCC(O)CN2CCOCC2)cc1. The van der Waals surface area contributed by atoms with Crippen molar-refractivity contribution < 1.29 is 24.1 Å². The van der Waals surface area contributed by atoms with E-state index in [0.29, 0.717) is 31.1 Å². The molecule has 3 heterocycles. The predicted octanol–water partition coefficient (Wildman–Crippen LogP) is 5.39. The Bertz CT molecular complexity index is 1470. The van der Waals surface area contributed by atoms with Crippen LogP contribution in [0, 0.1) is 6.92 Å². The fraction of sp³-hybridized carbons (Fsp3) is 0.382. The number of carbonyl (C=O) groups excluding carboxylic acids is 1. The maximum atomic E-state index is 11.9. The molecule has 2 unspecified atom stereocenters. The van der Waals surface area contributed by atoms with Gasteiger partial charge in [-0.15, -0.1) is 0 Å². The van der Waals surface area contributed by atoms with E-state index < -0.39 is 6.10 Å². The zero-order chi connectivity index (χ0) is 30.2. The molecule has 1 saturated heterocycles. The van der Waals surface area contributed by atoms with Crippen molar-refractivity contribution in [1.82, 2.24) is 14.8 Å². The van der Waals surface area contributed by atoms with Crippen molar-refractivity contribution in [2.24, 2.45) is 0 Å². The summed E-state index contributed by atoms with van der Waals surface area (Å²) in [4.78, 5) is 19.4. The maximum Gasteiger partial charge on any atom is 0.210 e. The lowest BCUT2D eigenvalue weighted by Crippen LogP contribution is -2.41. The summed E-state index contributed by atoms with van der Waals surface area (Å²) in [7, 11) is 1.67. The van der Waals surface area contributed by atoms with Crippen LogP contribution in [0.15, 0.2) is 66.7 Å². The van der Waals surface area contributed by atoms with Gasteiger partial charge < -0.3 is 29.2 Å². The zero-order valence-corrected chi connectivity index (χ0v) is 25.6. The first kappa shape index (κ1) is 30.9. The van der Waals surface area contributed by atoms with Crippen molar-refractivity contribution >= 4 is 28.9 Å². The molecule has 43 heavy (non-hydrogen) atoms. The first-order valence-electron chi connectivity index (χ1n) is 14.8. The molecular weight excluding hydrogens is 566 g/mol. The number of aryl methyl sites for hydroxylation is 1. The van der Waals surface area contributed by atoms with Gasteiger partial charge in [0, 0.05) is 54.2 Å². The van der Waals surface area contributed by atoms with E-state index in [2.05, 4.69) is 16.8 Å². The summed E-state index contributed by atoms with van der Waals surface area (Å²) in [5, 5.41) is 12.1. The number of fused-ring (bicyclic) bond motifs is 3. The van der Waals surface area contributed by atoms with Gasteiger partial charge in [-0.3, -0.25) is 9.69 Å². The minimum absolute atomic E-state index is 0.183. The second kappa shape index (κ2) is 14.8. The summed E-state index contributed by atoms with van der Waals surface area (Å²) in [5.74, 6) is 1.67. The normalized spacial score (nSPS) is 17.5. The summed E-state index contributed by atoms with van der Waals surface area (Å²) in [6.07, 6.45) is 1.86. The molecule has 1 fully saturated rings. The van der Waals surface area contributed by atoms with Crippen LogP contribution in [-0.2, 0) is 16.0 Å². The topological polar surface area (TPSA) is 87.3 Å². The number of nitrogens with one attached hydrogen (secondary N) is 1. The van der Waals surface area contributed by atoms with E-state index in [1.54, 1.807) is 7.11 Å². The first-order chi connectivity index (χ1) is 20.9. The number of H-pyrrole nitrogens is 1. The van der Waals surface area contributed by atoms with Gasteiger partial charge in [0.1, 0.15) is 11.5 Å². The quantitative estimate of drug-likeness (QED) is 0.249. The average molecular weight is 606 g/mol. The third-order valence-corrected chi connectivity index (χ3v) is 8.24. The van der Waals surface area contributed by atoms with Crippen molar-refractivity contribution in [1.29, 1.82) is 0 Å². The molecule has 2 aliphatic rings. The molecule has 8 nitrogen and oxygen atoms in total. The monoisotopic (exact) mass is 605 g/mol. The molecule has 1 aromatic heterocycles. The lowest BCUT2D eigenvalue weighted by Gasteiger charge is -2.33. The van der Waals surface area contributed by atoms with Gasteiger partial charge in [-0.05, 0) is 66.9 Å². The zero-order valence-electron chi connectivity index (χ0n) is 24.8. The van der Waals surface area contributed by atoms with Gasteiger partial charge in [0.25, 0.3) is 0 Å². The Morgan fingerprint density at radius 3 is 2.47 bits per heavy atom. The third-order valence-electron chi connectivity index (χ3n) is 8.01. The number of hydrogen-bond acceptors (Lipinski definition) is 6. The van der Waals surface area contributed by atoms with Crippen molar-refractivity contribution in [3.8, 4) is 11.5 Å². The van der Waals surface area contributed by atoms with E-state index in [-0.39, 0.29) is 6.04 Å². The van der Waals surface area contributed by atoms with Crippen LogP contribution >= 0.6 is 11.6 Å². The van der Waals surface area contributed by atoms with E-state index in [9.17, 15) is 9.90 Å². The number of aliphatic hydroxyl groups excluding tert-OH is 1. The highest BCUT2D eigenvalue weighted by atomic mass is 35.5. The molecule has 3 aromatic carbocycles. The second-order valence-corrected chi connectivity index (χ2v) is 11.4. The van der Waals surface area contributed by atoms with Crippen LogP contribution in [0.4, 0.5) is 0 Å². The van der Waals surface area contributed by atoms with E-state index in [0.717, 1.165) is 72.8 Å². The molecule has 1 amide bonds. The number of nitrogens with zero attached hydrogens (tertiary/aromatic N) is 2. The van der Waals surface area contributed by atoms with Gasteiger partial charge in [-0.25, -0.2) is 0 Å². The molecule has 0 saturated carbocycles. The third kappa shape index (κ3) is 7.89. The Labute approximate surface area is 258 Å². The number of aromatic amines is 1. The van der Waals surface area contributed by atoms with E-state index >= 15 is 0 Å². The number of aliphatic hydroxyl groups is 1. The summed E-state index contributed by atoms with van der Waals surface area (Å²) in [6.45, 7) is 6.98. The fourth-order valence-corrected chi connectivity index (χ4v) is 5.83. The highest BCUT2D eigenvalue weighted by Gasteiger charge is 2.31. The van der Waals surface area contributed by atoms with Crippen molar-refractivity contribution in [3.05, 3.63) is 94.1 Å². The Balaban J connectivity index is 0.000000351. The first-order valence-corrected chi connectivity index (χ1v) is 15.2. The van der Waals surface area contributed by atoms with E-state index in [4.69, 9.17) is 25.8 Å². The number of amides is 1. The number of β-amino-alcohol motifs (C(OH)–C–C–N with tert-alkyl or cyclic N) is 1. The summed E-state index contributed by atoms with van der Waals surface area (Å²) >= 11 is 6.24. The molecule has 0 bridgehead atoms. The van der Waals surface area contributed by atoms with Gasteiger partial charge in [0.15, 0.2) is 0 Å². The second-order valence-electron chi connectivity index (χ2n) is 11.0. The predicted molar refractivity (Wildman–Crippen MR) is 169 cm³/mol. The van der Waals surface area contributed by atoms with Gasteiger partial charge in [0.2, 0.25) is 6.41 Å². The Morgan fingerprint density at radius 2 is 1.77 bits per heavy atom. The number of benzene rings is 3. The highest BCUT2D eigenvalue weighted by molar-refractivity contribution is 6.31. The van der Waals surface area contributed by atoms with Crippen molar-refractivity contribution in [2.75, 3.05) is 53.1 Å². The number of hydrogen-bond donors (Lipinski definition) is 2. The van der Waals surface area contributed by atoms with Crippen LogP contribution in [0.1, 0.15) is 34.8 Å². The molecule has 228 valence electrons. The molecule has 0 spiro atoms. The van der Waals surface area contributed by atoms with Crippen LogP contribution in [0.3, 0.4) is 0 Å². The number of morpholine rings is 1. The molecule has 2 aliphatic heterocycles. The lowest BCUT2D eigenvalue weighted by atomic mass is 9.93. The smallest absolute Gasteiger partial charge is 0.210 e. The highest BCUT2D eigenvalue weighted by Crippen LogP contribution is 2.38. The summed E-state index contributed by atoms with van der Waals surface area (Å²) < 4.78 is 16.2. The fourth-order valence-electron chi connectivity index (χ4n) is 5.66. The number of aromatic nitrogens is 1. The molecule has 0 radical (unpaired) electrons. The van der Waals surface area contributed by atoms with Gasteiger partial charge in [-0.1, -0.05) is 41.4 Å². The molecule has 6 rings (SSSR count). The van der Waals surface area contributed by atoms with Crippen LogP contribution in [0.25, 0.3) is 10.9 Å². The Hall–Kier alpha value is -3.56. The molecule has 2 N–H and O–H groups in total. The Kier molecular flexibility index (Phi) is 10.6. The van der Waals surface area contributed by atoms with Crippen molar-refractivity contribution in [2.45, 2.75) is 31.9 Å². The number of rotatable bonds is 9. The van der Waals surface area contributed by atoms with Crippen LogP contribution < -0.4 is 9.47 Å². The summed E-state index contributed by atoms with van der Waals surface area (Å²) in [5.41, 5.74) is 5.56. The molecule has 2 atom stereocenters. The van der Waals surface area contributed by atoms with Gasteiger partial charge in [0.05, 0.1) is 39.1 Å². The molecule has 0 aliphatic carbocycles. The molecule has 4 aromatic rings. The average Bonchev–Trinajstić information content (AvgIpc) is 3.40. The van der Waals surface area contributed by atoms with Crippen LogP contribution in [0.5, 0.6) is 11.5 Å². The largest absolute Gasteiger partial charge is 0.497 e. The summed E-state index contributed by atoms with van der Waals surface area (Å²) in [6, 6.07) is 21.5. The Morgan fingerprint density at radius 1 is 1.05 bits per heavy atom. The minimum atomic E-state index is -0.422. The molecule has 9 heteroatoms. The standard InChI is InChI=1S/C26H30ClN3O4.C8H10O/c27-19-3-6-24-23(15-19)22-7-9-30(17-31)26(25(22)28-24)18-1-4-21(5-2-18)34-12-8-20(32)16-29-10-13-33-14-11-29;1-7-3-5-8(9-2)6-4-7/h1-6,15,17,20,26,28,32H,7-14,16H2;3-6H,1-2H3. The number of methoxy groups -OCH3 is 1. The van der Waals surface area contributed by atoms with Crippen LogP contribution in [0.2, 0.25) is 5.02 Å². The molecular formula is C34H40ClN3O5. The number of halogens is 1. The lowest BCUT2D eigenvalue weighted by molar-refractivity contribution is -0.120. The van der Waals surface area contributed by atoms with Crippen molar-refractivity contribution in [3.63, 3.8) is 0 Å².